The summed E-state index contributed by atoms with van der Waals surface area (Å²) < 4.78 is 18.2. The van der Waals surface area contributed by atoms with Gasteiger partial charge in [0, 0.05) is 12.8 Å². The highest BCUT2D eigenvalue weighted by Crippen LogP contribution is 2.41. The average molecular weight is 215 g/mol. The zero-order valence-electron chi connectivity index (χ0n) is 8.66. The average Bonchev–Trinajstić information content (AvgIpc) is 2.66. The molecule has 84 valence electrons. The maximum atomic E-state index is 13.3. The lowest BCUT2D eigenvalue weighted by Gasteiger charge is -2.28. The van der Waals surface area contributed by atoms with Gasteiger partial charge in [-0.1, -0.05) is 0 Å². The standard InChI is InChI=1S/C10H14FNO3/c1-2-15-9(14)10-4-3-8(13)12(10)6-7(11)5-10/h7H,2-6H2,1H3/t7-,10-/m1/s1. The van der Waals surface area contributed by atoms with Gasteiger partial charge in [-0.3, -0.25) is 4.79 Å². The van der Waals surface area contributed by atoms with Gasteiger partial charge < -0.3 is 9.64 Å². The fourth-order valence-corrected chi connectivity index (χ4v) is 2.50. The van der Waals surface area contributed by atoms with Crippen LogP contribution in [-0.4, -0.2) is 41.6 Å². The summed E-state index contributed by atoms with van der Waals surface area (Å²) in [7, 11) is 0. The summed E-state index contributed by atoms with van der Waals surface area (Å²) in [6, 6.07) is 0. The zero-order valence-corrected chi connectivity index (χ0v) is 8.66. The molecule has 0 saturated carbocycles. The van der Waals surface area contributed by atoms with Crippen LogP contribution in [0.5, 0.6) is 0 Å². The normalized spacial score (nSPS) is 34.4. The zero-order chi connectivity index (χ0) is 11.1. The molecule has 2 heterocycles. The van der Waals surface area contributed by atoms with Gasteiger partial charge in [0.15, 0.2) is 0 Å². The second kappa shape index (κ2) is 3.47. The van der Waals surface area contributed by atoms with E-state index in [2.05, 4.69) is 0 Å². The Bertz CT molecular complexity index is 307. The van der Waals surface area contributed by atoms with E-state index >= 15 is 0 Å². The lowest BCUT2D eigenvalue weighted by molar-refractivity contribution is -0.157. The van der Waals surface area contributed by atoms with Crippen molar-refractivity contribution in [3.05, 3.63) is 0 Å². The van der Waals surface area contributed by atoms with Gasteiger partial charge in [0.1, 0.15) is 11.7 Å². The van der Waals surface area contributed by atoms with Crippen molar-refractivity contribution in [3.8, 4) is 0 Å². The largest absolute Gasteiger partial charge is 0.464 e. The molecule has 0 aromatic rings. The highest BCUT2D eigenvalue weighted by molar-refractivity contribution is 5.92. The van der Waals surface area contributed by atoms with Crippen molar-refractivity contribution in [1.29, 1.82) is 0 Å². The van der Waals surface area contributed by atoms with Crippen molar-refractivity contribution >= 4 is 11.9 Å². The van der Waals surface area contributed by atoms with E-state index < -0.39 is 17.7 Å². The summed E-state index contributed by atoms with van der Waals surface area (Å²) in [6.45, 7) is 2.01. The van der Waals surface area contributed by atoms with Crippen LogP contribution in [0.15, 0.2) is 0 Å². The Hall–Kier alpha value is -1.13. The molecule has 2 aliphatic heterocycles. The lowest BCUT2D eigenvalue weighted by Crippen LogP contribution is -2.48. The van der Waals surface area contributed by atoms with Crippen LogP contribution in [0, 0.1) is 0 Å². The van der Waals surface area contributed by atoms with E-state index in [9.17, 15) is 14.0 Å². The summed E-state index contributed by atoms with van der Waals surface area (Å²) in [5.74, 6) is -0.584. The molecule has 2 rings (SSSR count). The van der Waals surface area contributed by atoms with Crippen molar-refractivity contribution < 1.29 is 18.7 Å². The number of carbonyl (C=O) groups excluding carboxylic acids is 2. The van der Waals surface area contributed by atoms with Crippen molar-refractivity contribution in [2.24, 2.45) is 0 Å². The first-order chi connectivity index (χ1) is 7.10. The summed E-state index contributed by atoms with van der Waals surface area (Å²) >= 11 is 0. The van der Waals surface area contributed by atoms with Gasteiger partial charge in [0.2, 0.25) is 5.91 Å². The molecule has 0 radical (unpaired) electrons. The Labute approximate surface area is 87.4 Å². The molecule has 0 unspecified atom stereocenters. The van der Waals surface area contributed by atoms with Gasteiger partial charge in [-0.05, 0) is 13.3 Å². The number of ether oxygens (including phenoxy) is 1. The highest BCUT2D eigenvalue weighted by atomic mass is 19.1. The van der Waals surface area contributed by atoms with E-state index in [0.29, 0.717) is 12.8 Å². The second-order valence-corrected chi connectivity index (χ2v) is 4.06. The molecule has 5 heteroatoms. The number of rotatable bonds is 2. The quantitative estimate of drug-likeness (QED) is 0.635. The first-order valence-electron chi connectivity index (χ1n) is 5.22. The van der Waals surface area contributed by atoms with Gasteiger partial charge in [-0.15, -0.1) is 0 Å². The summed E-state index contributed by atoms with van der Waals surface area (Å²) in [4.78, 5) is 24.6. The van der Waals surface area contributed by atoms with Crippen LogP contribution in [-0.2, 0) is 14.3 Å². The first kappa shape index (κ1) is 10.4. The number of nitrogens with zero attached hydrogens (tertiary/aromatic N) is 1. The minimum Gasteiger partial charge on any atom is -0.464 e. The number of hydrogen-bond acceptors (Lipinski definition) is 3. The number of carbonyl (C=O) groups is 2. The number of fused-ring (bicyclic) bond motifs is 1. The molecule has 0 spiro atoms. The smallest absolute Gasteiger partial charge is 0.332 e. The van der Waals surface area contributed by atoms with Gasteiger partial charge in [0.05, 0.1) is 13.2 Å². The van der Waals surface area contributed by atoms with E-state index in [1.807, 2.05) is 0 Å². The Morgan fingerprint density at radius 3 is 3.13 bits per heavy atom. The minimum atomic E-state index is -1.10. The minimum absolute atomic E-state index is 0.0393. The molecule has 2 saturated heterocycles. The number of halogens is 1. The molecular formula is C10H14FNO3. The Morgan fingerprint density at radius 1 is 1.73 bits per heavy atom. The van der Waals surface area contributed by atoms with Crippen LogP contribution in [0.25, 0.3) is 0 Å². The molecule has 2 atom stereocenters. The van der Waals surface area contributed by atoms with Gasteiger partial charge in [0.25, 0.3) is 0 Å². The maximum absolute atomic E-state index is 13.3. The van der Waals surface area contributed by atoms with Gasteiger partial charge in [-0.2, -0.15) is 0 Å². The van der Waals surface area contributed by atoms with E-state index in [0.717, 1.165) is 0 Å². The molecule has 1 amide bonds. The summed E-state index contributed by atoms with van der Waals surface area (Å²) in [5, 5.41) is 0. The molecule has 2 aliphatic rings. The summed E-state index contributed by atoms with van der Waals surface area (Å²) in [6.07, 6.45) is -0.285. The monoisotopic (exact) mass is 215 g/mol. The SMILES string of the molecule is CCOC(=O)[C@]12CCC(=O)N1C[C@H](F)C2. The van der Waals surface area contributed by atoms with Gasteiger partial charge >= 0.3 is 5.97 Å². The first-order valence-corrected chi connectivity index (χ1v) is 5.22. The van der Waals surface area contributed by atoms with Crippen LogP contribution >= 0.6 is 0 Å². The molecule has 0 bridgehead atoms. The van der Waals surface area contributed by atoms with Gasteiger partial charge in [-0.25, -0.2) is 9.18 Å². The Morgan fingerprint density at radius 2 is 2.47 bits per heavy atom. The van der Waals surface area contributed by atoms with Crippen LogP contribution < -0.4 is 0 Å². The molecule has 0 aliphatic carbocycles. The predicted octanol–water partition coefficient (Wildman–Crippen LogP) is 0.652. The number of hydrogen-bond donors (Lipinski definition) is 0. The van der Waals surface area contributed by atoms with Crippen molar-refractivity contribution in [2.75, 3.05) is 13.2 Å². The molecular weight excluding hydrogens is 201 g/mol. The van der Waals surface area contributed by atoms with E-state index in [1.165, 1.54) is 4.90 Å². The molecule has 0 N–H and O–H groups in total. The third-order valence-corrected chi connectivity index (χ3v) is 3.17. The second-order valence-electron chi connectivity index (χ2n) is 4.06. The Kier molecular flexibility index (Phi) is 2.40. The summed E-state index contributed by atoms with van der Waals surface area (Å²) in [5.41, 5.74) is -0.994. The van der Waals surface area contributed by atoms with Crippen molar-refractivity contribution in [3.63, 3.8) is 0 Å². The van der Waals surface area contributed by atoms with Crippen LogP contribution in [0.2, 0.25) is 0 Å². The van der Waals surface area contributed by atoms with Crippen LogP contribution in [0.3, 0.4) is 0 Å². The highest BCUT2D eigenvalue weighted by Gasteiger charge is 2.58. The fourth-order valence-electron chi connectivity index (χ4n) is 2.50. The third-order valence-electron chi connectivity index (χ3n) is 3.17. The molecule has 0 aromatic carbocycles. The predicted molar refractivity (Wildman–Crippen MR) is 49.8 cm³/mol. The van der Waals surface area contributed by atoms with E-state index in [1.54, 1.807) is 6.92 Å². The van der Waals surface area contributed by atoms with E-state index in [4.69, 9.17) is 4.74 Å². The van der Waals surface area contributed by atoms with Crippen molar-refractivity contribution in [2.45, 2.75) is 37.9 Å². The lowest BCUT2D eigenvalue weighted by atomic mass is 9.94. The Balaban J connectivity index is 2.24. The maximum Gasteiger partial charge on any atom is 0.332 e. The van der Waals surface area contributed by atoms with E-state index in [-0.39, 0.29) is 25.5 Å². The topological polar surface area (TPSA) is 46.6 Å². The number of esters is 1. The van der Waals surface area contributed by atoms with Crippen LogP contribution in [0.1, 0.15) is 26.2 Å². The molecule has 0 aromatic heterocycles. The third kappa shape index (κ3) is 1.41. The fraction of sp³-hybridized carbons (Fsp3) is 0.800. The molecule has 4 nitrogen and oxygen atoms in total. The number of alkyl halides is 1. The van der Waals surface area contributed by atoms with Crippen molar-refractivity contribution in [1.82, 2.24) is 4.90 Å². The molecule has 2 fully saturated rings. The molecule has 15 heavy (non-hydrogen) atoms. The van der Waals surface area contributed by atoms with Crippen LogP contribution in [0.4, 0.5) is 4.39 Å². The number of amides is 1.